The number of carbonyl (C=O) groups is 1. The minimum atomic E-state index is -3.02. The molecule has 0 aliphatic rings. The van der Waals surface area contributed by atoms with Gasteiger partial charge in [0.05, 0.1) is 13.1 Å². The van der Waals surface area contributed by atoms with Crippen molar-refractivity contribution in [1.82, 2.24) is 5.32 Å². The summed E-state index contributed by atoms with van der Waals surface area (Å²) in [5.74, 6) is -3.42. The molecular formula is C9H19ClF2N2O2. The smallest absolute Gasteiger partial charge is 0.277 e. The zero-order valence-electron chi connectivity index (χ0n) is 9.30. The number of hydrogen-bond donors (Lipinski definition) is 2. The third-order valence-electron chi connectivity index (χ3n) is 1.74. The molecule has 0 aromatic rings. The predicted octanol–water partition coefficient (Wildman–Crippen LogP) is 0.935. The van der Waals surface area contributed by atoms with E-state index in [4.69, 9.17) is 10.5 Å². The van der Waals surface area contributed by atoms with Crippen molar-refractivity contribution in [2.45, 2.75) is 25.7 Å². The van der Waals surface area contributed by atoms with Crippen molar-refractivity contribution >= 4 is 18.3 Å². The molecule has 1 amide bonds. The molecule has 0 heterocycles. The van der Waals surface area contributed by atoms with E-state index in [2.05, 4.69) is 5.32 Å². The fraction of sp³-hybridized carbons (Fsp3) is 0.889. The molecule has 16 heavy (non-hydrogen) atoms. The lowest BCUT2D eigenvalue weighted by atomic mass is 10.3. The quantitative estimate of drug-likeness (QED) is 0.639. The van der Waals surface area contributed by atoms with Gasteiger partial charge in [0.25, 0.3) is 5.92 Å². The van der Waals surface area contributed by atoms with E-state index in [1.807, 2.05) is 6.92 Å². The lowest BCUT2D eigenvalue weighted by molar-refractivity contribution is -0.123. The van der Waals surface area contributed by atoms with Gasteiger partial charge in [-0.3, -0.25) is 4.79 Å². The maximum Gasteiger partial charge on any atom is 0.277 e. The Morgan fingerprint density at radius 1 is 1.50 bits per heavy atom. The highest BCUT2D eigenvalue weighted by atomic mass is 35.5. The molecule has 0 fully saturated rings. The molecular weight excluding hydrogens is 242 g/mol. The number of hydrogen-bond acceptors (Lipinski definition) is 3. The highest BCUT2D eigenvalue weighted by Gasteiger charge is 2.26. The first-order chi connectivity index (χ1) is 7.02. The Bertz CT molecular complexity index is 194. The van der Waals surface area contributed by atoms with Crippen molar-refractivity contribution in [3.05, 3.63) is 0 Å². The number of alkyl halides is 2. The summed E-state index contributed by atoms with van der Waals surface area (Å²) in [6.45, 7) is 1.45. The molecule has 3 N–H and O–H groups in total. The normalized spacial score (nSPS) is 10.8. The Balaban J connectivity index is 0. The summed E-state index contributed by atoms with van der Waals surface area (Å²) < 4.78 is 30.2. The van der Waals surface area contributed by atoms with E-state index in [1.54, 1.807) is 0 Å². The Morgan fingerprint density at radius 2 is 2.12 bits per heavy atom. The van der Waals surface area contributed by atoms with Gasteiger partial charge < -0.3 is 15.8 Å². The number of amides is 1. The van der Waals surface area contributed by atoms with Crippen LogP contribution in [0.4, 0.5) is 8.78 Å². The van der Waals surface area contributed by atoms with Crippen LogP contribution in [0.2, 0.25) is 0 Å². The molecule has 0 unspecified atom stereocenters. The third-order valence-corrected chi connectivity index (χ3v) is 1.74. The Kier molecular flexibility index (Phi) is 10.9. The van der Waals surface area contributed by atoms with E-state index < -0.39 is 24.9 Å². The Hall–Kier alpha value is -0.460. The first kappa shape index (κ1) is 17.9. The van der Waals surface area contributed by atoms with Crippen LogP contribution in [0.1, 0.15) is 19.8 Å². The molecule has 0 saturated heterocycles. The first-order valence-electron chi connectivity index (χ1n) is 4.94. The number of carbonyl (C=O) groups excluding carboxylic acids is 1. The van der Waals surface area contributed by atoms with Gasteiger partial charge in [-0.2, -0.15) is 0 Å². The van der Waals surface area contributed by atoms with Gasteiger partial charge in [-0.05, 0) is 13.3 Å². The maximum atomic E-state index is 12.6. The van der Waals surface area contributed by atoms with E-state index in [1.165, 1.54) is 0 Å². The van der Waals surface area contributed by atoms with Crippen LogP contribution >= 0.6 is 12.4 Å². The fourth-order valence-electron chi connectivity index (χ4n) is 0.868. The lowest BCUT2D eigenvalue weighted by Gasteiger charge is -2.14. The molecule has 7 heteroatoms. The van der Waals surface area contributed by atoms with Crippen LogP contribution in [-0.4, -0.2) is 38.1 Å². The van der Waals surface area contributed by atoms with Crippen LogP contribution in [0.25, 0.3) is 0 Å². The molecule has 0 atom stereocenters. The predicted molar refractivity (Wildman–Crippen MR) is 60.0 cm³/mol. The van der Waals surface area contributed by atoms with Crippen molar-refractivity contribution in [3.8, 4) is 0 Å². The summed E-state index contributed by atoms with van der Waals surface area (Å²) in [5.41, 5.74) is 4.81. The van der Waals surface area contributed by atoms with Gasteiger partial charge >= 0.3 is 0 Å². The average Bonchev–Trinajstić information content (AvgIpc) is 2.22. The number of ether oxygens (including phenoxy) is 1. The van der Waals surface area contributed by atoms with Crippen molar-refractivity contribution < 1.29 is 18.3 Å². The molecule has 4 nitrogen and oxygen atoms in total. The summed E-state index contributed by atoms with van der Waals surface area (Å²) in [6, 6.07) is 0. The lowest BCUT2D eigenvalue weighted by Crippen LogP contribution is -2.41. The highest BCUT2D eigenvalue weighted by molar-refractivity contribution is 5.85. The van der Waals surface area contributed by atoms with E-state index in [9.17, 15) is 13.6 Å². The zero-order valence-corrected chi connectivity index (χ0v) is 10.1. The minimum Gasteiger partial charge on any atom is -0.382 e. The van der Waals surface area contributed by atoms with Gasteiger partial charge in [-0.15, -0.1) is 12.4 Å². The highest BCUT2D eigenvalue weighted by Crippen LogP contribution is 2.08. The van der Waals surface area contributed by atoms with E-state index in [-0.39, 0.29) is 18.8 Å². The van der Waals surface area contributed by atoms with E-state index in [0.717, 1.165) is 0 Å². The van der Waals surface area contributed by atoms with E-state index >= 15 is 0 Å². The molecule has 98 valence electrons. The largest absolute Gasteiger partial charge is 0.382 e. The summed E-state index contributed by atoms with van der Waals surface area (Å²) >= 11 is 0. The minimum absolute atomic E-state index is 0. The molecule has 0 aromatic carbocycles. The first-order valence-corrected chi connectivity index (χ1v) is 4.94. The molecule has 0 aromatic heterocycles. The number of nitrogens with two attached hydrogens (primary N) is 1. The van der Waals surface area contributed by atoms with Gasteiger partial charge in [-0.1, -0.05) is 0 Å². The number of nitrogens with one attached hydrogen (secondary N) is 1. The van der Waals surface area contributed by atoms with Crippen LogP contribution in [0.15, 0.2) is 0 Å². The molecule has 0 aliphatic carbocycles. The van der Waals surface area contributed by atoms with Crippen LogP contribution in [0.3, 0.4) is 0 Å². The van der Waals surface area contributed by atoms with Crippen molar-refractivity contribution in [2.24, 2.45) is 5.73 Å². The Morgan fingerprint density at radius 3 is 2.62 bits per heavy atom. The summed E-state index contributed by atoms with van der Waals surface area (Å²) in [4.78, 5) is 11.0. The second-order valence-electron chi connectivity index (χ2n) is 3.14. The zero-order chi connectivity index (χ0) is 11.7. The summed E-state index contributed by atoms with van der Waals surface area (Å²) in [5, 5.41) is 2.13. The molecule has 0 spiro atoms. The summed E-state index contributed by atoms with van der Waals surface area (Å²) in [6.07, 6.45) is 0.731. The van der Waals surface area contributed by atoms with Crippen LogP contribution in [0, 0.1) is 0 Å². The van der Waals surface area contributed by atoms with Gasteiger partial charge in [-0.25, -0.2) is 8.78 Å². The monoisotopic (exact) mass is 260 g/mol. The van der Waals surface area contributed by atoms with Crippen molar-refractivity contribution in [2.75, 3.05) is 26.3 Å². The topological polar surface area (TPSA) is 64.3 Å². The van der Waals surface area contributed by atoms with Crippen LogP contribution in [-0.2, 0) is 9.53 Å². The van der Waals surface area contributed by atoms with Crippen LogP contribution < -0.4 is 11.1 Å². The second-order valence-corrected chi connectivity index (χ2v) is 3.14. The molecule has 0 bridgehead atoms. The molecule has 0 radical (unpaired) electrons. The molecule has 0 saturated carbocycles. The average molecular weight is 261 g/mol. The van der Waals surface area contributed by atoms with E-state index in [0.29, 0.717) is 19.6 Å². The van der Waals surface area contributed by atoms with Crippen LogP contribution in [0.5, 0.6) is 0 Å². The maximum absolute atomic E-state index is 12.6. The van der Waals surface area contributed by atoms with Gasteiger partial charge in [0.2, 0.25) is 5.91 Å². The fourth-order valence-corrected chi connectivity index (χ4v) is 0.868. The Labute approximate surface area is 100 Å². The number of halogens is 3. The standard InChI is InChI=1S/C9H18F2N2O2.ClH/c1-2-15-5-3-4-8(14)13-7-9(10,11)6-12;/h2-7,12H2,1H3,(H,13,14);1H. The third kappa shape index (κ3) is 10.1. The van der Waals surface area contributed by atoms with Crippen molar-refractivity contribution in [3.63, 3.8) is 0 Å². The summed E-state index contributed by atoms with van der Waals surface area (Å²) in [7, 11) is 0. The number of rotatable bonds is 8. The van der Waals surface area contributed by atoms with Gasteiger partial charge in [0.15, 0.2) is 0 Å². The molecule has 0 rings (SSSR count). The molecule has 0 aliphatic heterocycles. The van der Waals surface area contributed by atoms with Gasteiger partial charge in [0, 0.05) is 19.6 Å². The second kappa shape index (κ2) is 9.74. The van der Waals surface area contributed by atoms with Crippen molar-refractivity contribution in [1.29, 1.82) is 0 Å². The SMILES string of the molecule is CCOCCCC(=O)NCC(F)(F)CN.Cl. The van der Waals surface area contributed by atoms with Gasteiger partial charge in [0.1, 0.15) is 0 Å².